The van der Waals surface area contributed by atoms with Gasteiger partial charge in [-0.15, -0.1) is 4.72 Å². The van der Waals surface area contributed by atoms with Gasteiger partial charge in [-0.3, -0.25) is 0 Å². The standard InChI is InChI=1S/C21H26N2OS/c1-15(22-25(24)21(2,3)4)17-11-12-18-19(14-23(5)20(18)13-17)16-9-7-6-8-10-16/h6-15,22H,1-5H3. The predicted octanol–water partition coefficient (Wildman–Crippen LogP) is 4.96. The molecule has 1 aromatic heterocycles. The number of rotatable bonds is 4. The molecule has 0 saturated heterocycles. The van der Waals surface area contributed by atoms with E-state index in [0.29, 0.717) is 0 Å². The van der Waals surface area contributed by atoms with E-state index in [2.05, 4.69) is 71.9 Å². The molecule has 2 aromatic carbocycles. The molecule has 3 rings (SSSR count). The highest BCUT2D eigenvalue weighted by atomic mass is 32.2. The molecule has 1 N–H and O–H groups in total. The van der Waals surface area contributed by atoms with Crippen LogP contribution in [0.4, 0.5) is 0 Å². The zero-order valence-electron chi connectivity index (χ0n) is 15.5. The fourth-order valence-electron chi connectivity index (χ4n) is 2.92. The second-order valence-electron chi connectivity index (χ2n) is 7.52. The summed E-state index contributed by atoms with van der Waals surface area (Å²) in [5.41, 5.74) is 4.79. The van der Waals surface area contributed by atoms with Crippen molar-refractivity contribution in [1.29, 1.82) is 0 Å². The van der Waals surface area contributed by atoms with E-state index >= 15 is 0 Å². The number of benzene rings is 2. The van der Waals surface area contributed by atoms with Crippen molar-refractivity contribution in [3.8, 4) is 11.1 Å². The summed E-state index contributed by atoms with van der Waals surface area (Å²) >= 11 is -1.09. The number of hydrogen-bond acceptors (Lipinski definition) is 2. The van der Waals surface area contributed by atoms with Crippen molar-refractivity contribution in [3.05, 3.63) is 60.3 Å². The molecule has 2 unspecified atom stereocenters. The van der Waals surface area contributed by atoms with Gasteiger partial charge in [0.25, 0.3) is 0 Å². The first-order valence-corrected chi connectivity index (χ1v) is 9.75. The second-order valence-corrected chi connectivity index (χ2v) is 9.51. The lowest BCUT2D eigenvalue weighted by molar-refractivity contribution is 0.531. The fraction of sp³-hybridized carbons (Fsp3) is 0.333. The molecule has 0 aliphatic heterocycles. The summed E-state index contributed by atoms with van der Waals surface area (Å²) in [6.07, 6.45) is 2.18. The molecule has 3 nitrogen and oxygen atoms in total. The Morgan fingerprint density at radius 2 is 1.76 bits per heavy atom. The van der Waals surface area contributed by atoms with Crippen molar-refractivity contribution in [2.45, 2.75) is 38.5 Å². The number of fused-ring (bicyclic) bond motifs is 1. The number of hydrogen-bond donors (Lipinski definition) is 1. The van der Waals surface area contributed by atoms with Crippen LogP contribution in [-0.2, 0) is 18.4 Å². The van der Waals surface area contributed by atoms with E-state index in [9.17, 15) is 4.55 Å². The Morgan fingerprint density at radius 1 is 1.08 bits per heavy atom. The molecule has 0 fully saturated rings. The SMILES string of the molecule is CC(N[S+]([O-])C(C)(C)C)c1ccc2c(-c3ccccc3)cn(C)c2c1. The van der Waals surface area contributed by atoms with E-state index in [1.807, 2.05) is 26.8 Å². The van der Waals surface area contributed by atoms with Gasteiger partial charge in [-0.1, -0.05) is 42.5 Å². The van der Waals surface area contributed by atoms with E-state index in [1.165, 1.54) is 22.0 Å². The number of nitrogens with zero attached hydrogens (tertiary/aromatic N) is 1. The van der Waals surface area contributed by atoms with Crippen LogP contribution in [0.25, 0.3) is 22.0 Å². The molecule has 4 heteroatoms. The summed E-state index contributed by atoms with van der Waals surface area (Å²) < 4.78 is 17.5. The summed E-state index contributed by atoms with van der Waals surface area (Å²) in [6, 6.07) is 17.0. The summed E-state index contributed by atoms with van der Waals surface area (Å²) in [6.45, 7) is 8.01. The molecule has 0 saturated carbocycles. The molecule has 132 valence electrons. The molecular weight excluding hydrogens is 328 g/mol. The van der Waals surface area contributed by atoms with Gasteiger partial charge < -0.3 is 9.12 Å². The zero-order valence-corrected chi connectivity index (χ0v) is 16.4. The van der Waals surface area contributed by atoms with Crippen LogP contribution in [0.5, 0.6) is 0 Å². The Morgan fingerprint density at radius 3 is 2.40 bits per heavy atom. The molecule has 3 aromatic rings. The predicted molar refractivity (Wildman–Crippen MR) is 108 cm³/mol. The lowest BCUT2D eigenvalue weighted by Crippen LogP contribution is -2.40. The Hall–Kier alpha value is -1.75. The third-order valence-corrected chi connectivity index (χ3v) is 6.12. The Kier molecular flexibility index (Phi) is 4.96. The zero-order chi connectivity index (χ0) is 18.2. The van der Waals surface area contributed by atoms with E-state index in [-0.39, 0.29) is 10.8 Å². The lowest BCUT2D eigenvalue weighted by atomic mass is 10.0. The molecule has 0 bridgehead atoms. The van der Waals surface area contributed by atoms with Gasteiger partial charge in [-0.05, 0) is 44.9 Å². The van der Waals surface area contributed by atoms with Crippen molar-refractivity contribution in [3.63, 3.8) is 0 Å². The molecule has 0 radical (unpaired) electrons. The van der Waals surface area contributed by atoms with Gasteiger partial charge in [0, 0.05) is 41.1 Å². The Bertz CT molecular complexity index is 865. The van der Waals surface area contributed by atoms with Crippen LogP contribution in [0.2, 0.25) is 0 Å². The highest BCUT2D eigenvalue weighted by Gasteiger charge is 2.28. The molecule has 2 atom stereocenters. The molecular formula is C21H26N2OS. The van der Waals surface area contributed by atoms with E-state index in [1.54, 1.807) is 0 Å². The van der Waals surface area contributed by atoms with E-state index < -0.39 is 11.4 Å². The molecule has 25 heavy (non-hydrogen) atoms. The maximum absolute atomic E-state index is 12.4. The van der Waals surface area contributed by atoms with Crippen LogP contribution >= 0.6 is 0 Å². The Balaban J connectivity index is 1.95. The maximum Gasteiger partial charge on any atom is 0.136 e. The van der Waals surface area contributed by atoms with E-state index in [0.717, 1.165) is 5.56 Å². The maximum atomic E-state index is 12.4. The minimum atomic E-state index is -1.09. The van der Waals surface area contributed by atoms with Crippen LogP contribution in [0.15, 0.2) is 54.7 Å². The molecule has 0 amide bonds. The van der Waals surface area contributed by atoms with Crippen LogP contribution in [0, 0.1) is 0 Å². The van der Waals surface area contributed by atoms with Crippen molar-refractivity contribution in [1.82, 2.24) is 9.29 Å². The summed E-state index contributed by atoms with van der Waals surface area (Å²) in [7, 11) is 2.07. The third-order valence-electron chi connectivity index (χ3n) is 4.44. The third kappa shape index (κ3) is 3.76. The van der Waals surface area contributed by atoms with Crippen molar-refractivity contribution >= 4 is 22.3 Å². The van der Waals surface area contributed by atoms with Gasteiger partial charge in [-0.2, -0.15) is 0 Å². The number of nitrogens with one attached hydrogen (secondary N) is 1. The van der Waals surface area contributed by atoms with Crippen LogP contribution in [0.1, 0.15) is 39.3 Å². The van der Waals surface area contributed by atoms with Crippen molar-refractivity contribution in [2.24, 2.45) is 7.05 Å². The minimum absolute atomic E-state index is 0.0273. The van der Waals surface area contributed by atoms with Crippen LogP contribution in [0.3, 0.4) is 0 Å². The second kappa shape index (κ2) is 6.87. The van der Waals surface area contributed by atoms with Crippen molar-refractivity contribution < 1.29 is 4.55 Å². The largest absolute Gasteiger partial charge is 0.598 e. The first-order valence-electron chi connectivity index (χ1n) is 8.60. The monoisotopic (exact) mass is 354 g/mol. The highest BCUT2D eigenvalue weighted by molar-refractivity contribution is 7.90. The van der Waals surface area contributed by atoms with Crippen LogP contribution < -0.4 is 4.72 Å². The molecule has 1 heterocycles. The van der Waals surface area contributed by atoms with Gasteiger partial charge in [0.1, 0.15) is 4.75 Å². The number of aromatic nitrogens is 1. The summed E-state index contributed by atoms with van der Waals surface area (Å²) in [5.74, 6) is 0. The topological polar surface area (TPSA) is 40.0 Å². The van der Waals surface area contributed by atoms with Gasteiger partial charge in [0.05, 0.1) is 6.04 Å². The molecule has 0 spiro atoms. The first kappa shape index (κ1) is 18.1. The summed E-state index contributed by atoms with van der Waals surface area (Å²) in [5, 5.41) is 1.24. The van der Waals surface area contributed by atoms with Gasteiger partial charge in [0.2, 0.25) is 0 Å². The fourth-order valence-corrected chi connectivity index (χ4v) is 3.73. The molecule has 0 aliphatic carbocycles. The number of aryl methyl sites for hydroxylation is 1. The van der Waals surface area contributed by atoms with Gasteiger partial charge in [0.15, 0.2) is 0 Å². The van der Waals surface area contributed by atoms with Crippen LogP contribution in [-0.4, -0.2) is 13.9 Å². The van der Waals surface area contributed by atoms with Gasteiger partial charge in [-0.25, -0.2) is 0 Å². The first-order chi connectivity index (χ1) is 11.8. The Labute approximate surface area is 153 Å². The average Bonchev–Trinajstić information content (AvgIpc) is 2.91. The highest BCUT2D eigenvalue weighted by Crippen LogP contribution is 2.32. The quantitative estimate of drug-likeness (QED) is 0.673. The lowest BCUT2D eigenvalue weighted by Gasteiger charge is -2.26. The smallest absolute Gasteiger partial charge is 0.136 e. The van der Waals surface area contributed by atoms with E-state index in [4.69, 9.17) is 0 Å². The minimum Gasteiger partial charge on any atom is -0.598 e. The van der Waals surface area contributed by atoms with Crippen molar-refractivity contribution in [2.75, 3.05) is 0 Å². The average molecular weight is 355 g/mol. The summed E-state index contributed by atoms with van der Waals surface area (Å²) in [4.78, 5) is 0. The normalized spacial score (nSPS) is 14.6. The van der Waals surface area contributed by atoms with Gasteiger partial charge >= 0.3 is 0 Å². The molecule has 0 aliphatic rings.